The van der Waals surface area contributed by atoms with Crippen LogP contribution < -0.4 is 15.5 Å². The van der Waals surface area contributed by atoms with Gasteiger partial charge >= 0.3 is 0 Å². The Balaban J connectivity index is 0.00000172. The molecule has 0 bridgehead atoms. The highest BCUT2D eigenvalue weighted by Gasteiger charge is 2.15. The van der Waals surface area contributed by atoms with E-state index < -0.39 is 0 Å². The number of carbonyl (C=O) groups is 1. The van der Waals surface area contributed by atoms with Gasteiger partial charge in [-0.05, 0) is 33.2 Å². The fourth-order valence-electron chi connectivity index (χ4n) is 1.78. The van der Waals surface area contributed by atoms with E-state index in [0.29, 0.717) is 6.42 Å². The molecule has 2 N–H and O–H groups in total. The number of anilines is 1. The minimum Gasteiger partial charge on any atom is -0.318 e. The molecule has 20 heavy (non-hydrogen) atoms. The second-order valence-corrected chi connectivity index (χ2v) is 4.54. The number of benzene rings is 1. The van der Waals surface area contributed by atoms with E-state index in [1.807, 2.05) is 66.2 Å². The van der Waals surface area contributed by atoms with E-state index in [0.717, 1.165) is 12.2 Å². The Bertz CT molecular complexity index is 376. The van der Waals surface area contributed by atoms with Gasteiger partial charge in [0.05, 0.1) is 0 Å². The van der Waals surface area contributed by atoms with Gasteiger partial charge in [-0.2, -0.15) is 0 Å². The maximum Gasteiger partial charge on any atom is 0.228 e. The van der Waals surface area contributed by atoms with Gasteiger partial charge in [-0.15, -0.1) is 0 Å². The van der Waals surface area contributed by atoms with E-state index in [1.165, 1.54) is 5.56 Å². The van der Waals surface area contributed by atoms with Crippen LogP contribution in [-0.2, 0) is 4.79 Å². The van der Waals surface area contributed by atoms with Crippen molar-refractivity contribution in [2.75, 3.05) is 32.6 Å². The first kappa shape index (κ1) is 18.6. The van der Waals surface area contributed by atoms with Crippen LogP contribution in [0.5, 0.6) is 0 Å². The fraction of sp³-hybridized carbons (Fsp3) is 0.562. The molecule has 0 fully saturated rings. The maximum atomic E-state index is 12.1. The predicted molar refractivity (Wildman–Crippen MR) is 87.3 cm³/mol. The minimum absolute atomic E-state index is 0.119. The van der Waals surface area contributed by atoms with Crippen molar-refractivity contribution in [3.63, 3.8) is 0 Å². The molecule has 0 aliphatic heterocycles. The van der Waals surface area contributed by atoms with Crippen LogP contribution in [0.2, 0.25) is 0 Å². The lowest BCUT2D eigenvalue weighted by molar-refractivity contribution is -0.118. The second kappa shape index (κ2) is 10.4. The van der Waals surface area contributed by atoms with E-state index >= 15 is 0 Å². The lowest BCUT2D eigenvalue weighted by atomic mass is 10.1. The zero-order chi connectivity index (χ0) is 15.5. The molecule has 0 saturated carbocycles. The molecule has 0 heterocycles. The van der Waals surface area contributed by atoms with E-state index in [2.05, 4.69) is 10.6 Å². The Hall–Kier alpha value is -1.39. The van der Waals surface area contributed by atoms with Crippen molar-refractivity contribution in [3.05, 3.63) is 29.8 Å². The standard InChI is InChI=1S/C14H23N3O.C2H6/c1-11-5-7-13(8-6-11)17(4)14(18)9-12(16-3)10-15-2;1-2/h5-8,12,15-16H,9-10H2,1-4H3;1-2H3. The molecular formula is C16H29N3O. The molecule has 1 amide bonds. The summed E-state index contributed by atoms with van der Waals surface area (Å²) in [6.07, 6.45) is 0.488. The molecule has 1 unspecified atom stereocenters. The van der Waals surface area contributed by atoms with Crippen molar-refractivity contribution in [2.24, 2.45) is 0 Å². The lowest BCUT2D eigenvalue weighted by Gasteiger charge is -2.21. The molecule has 1 rings (SSSR count). The van der Waals surface area contributed by atoms with E-state index in [9.17, 15) is 4.79 Å². The monoisotopic (exact) mass is 279 g/mol. The topological polar surface area (TPSA) is 44.4 Å². The summed E-state index contributed by atoms with van der Waals surface area (Å²) in [5, 5.41) is 6.22. The van der Waals surface area contributed by atoms with Crippen LogP contribution >= 0.6 is 0 Å². The van der Waals surface area contributed by atoms with Gasteiger partial charge in [-0.1, -0.05) is 31.5 Å². The molecule has 0 saturated heterocycles. The van der Waals surface area contributed by atoms with Crippen molar-refractivity contribution >= 4 is 11.6 Å². The highest BCUT2D eigenvalue weighted by molar-refractivity contribution is 5.93. The average Bonchev–Trinajstić information content (AvgIpc) is 2.48. The van der Waals surface area contributed by atoms with Crippen LogP contribution in [0.3, 0.4) is 0 Å². The third-order valence-corrected chi connectivity index (χ3v) is 3.08. The molecule has 0 radical (unpaired) electrons. The van der Waals surface area contributed by atoms with E-state index in [4.69, 9.17) is 0 Å². The molecule has 1 atom stereocenters. The van der Waals surface area contributed by atoms with Gasteiger partial charge in [-0.3, -0.25) is 4.79 Å². The molecule has 4 heteroatoms. The number of nitrogens with one attached hydrogen (secondary N) is 2. The van der Waals surface area contributed by atoms with Crippen LogP contribution in [0.25, 0.3) is 0 Å². The summed E-state index contributed by atoms with van der Waals surface area (Å²) < 4.78 is 0. The summed E-state index contributed by atoms with van der Waals surface area (Å²) in [5.74, 6) is 0.119. The molecule has 4 nitrogen and oxygen atoms in total. The van der Waals surface area contributed by atoms with Gasteiger partial charge in [0.15, 0.2) is 0 Å². The predicted octanol–water partition coefficient (Wildman–Crippen LogP) is 2.18. The van der Waals surface area contributed by atoms with Gasteiger partial charge in [0, 0.05) is 31.7 Å². The lowest BCUT2D eigenvalue weighted by Crippen LogP contribution is -2.40. The fourth-order valence-corrected chi connectivity index (χ4v) is 1.78. The van der Waals surface area contributed by atoms with Crippen molar-refractivity contribution in [2.45, 2.75) is 33.2 Å². The normalized spacial score (nSPS) is 11.3. The number of amides is 1. The van der Waals surface area contributed by atoms with Crippen LogP contribution in [0.4, 0.5) is 5.69 Å². The Morgan fingerprint density at radius 2 is 1.75 bits per heavy atom. The highest BCUT2D eigenvalue weighted by atomic mass is 16.2. The van der Waals surface area contributed by atoms with E-state index in [-0.39, 0.29) is 11.9 Å². The van der Waals surface area contributed by atoms with Gasteiger partial charge < -0.3 is 15.5 Å². The van der Waals surface area contributed by atoms with Crippen molar-refractivity contribution in [3.8, 4) is 0 Å². The summed E-state index contributed by atoms with van der Waals surface area (Å²) in [7, 11) is 5.58. The third-order valence-electron chi connectivity index (χ3n) is 3.08. The molecule has 1 aromatic carbocycles. The summed E-state index contributed by atoms with van der Waals surface area (Å²) in [6, 6.07) is 8.14. The third kappa shape index (κ3) is 6.17. The quantitative estimate of drug-likeness (QED) is 0.839. The number of nitrogens with zero attached hydrogens (tertiary/aromatic N) is 1. The Morgan fingerprint density at radius 1 is 1.20 bits per heavy atom. The zero-order valence-corrected chi connectivity index (χ0v) is 13.7. The summed E-state index contributed by atoms with van der Waals surface area (Å²) in [4.78, 5) is 13.8. The first-order chi connectivity index (χ1) is 9.58. The number of hydrogen-bond acceptors (Lipinski definition) is 3. The van der Waals surface area contributed by atoms with Gasteiger partial charge in [-0.25, -0.2) is 0 Å². The molecule has 1 aromatic rings. The molecular weight excluding hydrogens is 250 g/mol. The van der Waals surface area contributed by atoms with Gasteiger partial charge in [0.2, 0.25) is 5.91 Å². The van der Waals surface area contributed by atoms with Gasteiger partial charge in [0.25, 0.3) is 0 Å². The SMILES string of the molecule is CC.CNCC(CC(=O)N(C)c1ccc(C)cc1)NC. The molecule has 0 aliphatic rings. The number of hydrogen-bond donors (Lipinski definition) is 2. The highest BCUT2D eigenvalue weighted by Crippen LogP contribution is 2.14. The number of carbonyl (C=O) groups excluding carboxylic acids is 1. The average molecular weight is 279 g/mol. The van der Waals surface area contributed by atoms with E-state index in [1.54, 1.807) is 4.90 Å². The maximum absolute atomic E-state index is 12.1. The second-order valence-electron chi connectivity index (χ2n) is 4.54. The smallest absolute Gasteiger partial charge is 0.228 e. The largest absolute Gasteiger partial charge is 0.318 e. The molecule has 114 valence electrons. The van der Waals surface area contributed by atoms with Crippen LogP contribution in [0.1, 0.15) is 25.8 Å². The summed E-state index contributed by atoms with van der Waals surface area (Å²) >= 11 is 0. The van der Waals surface area contributed by atoms with Crippen molar-refractivity contribution < 1.29 is 4.79 Å². The van der Waals surface area contributed by atoms with Crippen molar-refractivity contribution in [1.82, 2.24) is 10.6 Å². The Kier molecular flexibility index (Phi) is 9.68. The Labute approximate surface area is 123 Å². The number of likely N-dealkylation sites (N-methyl/N-ethyl adjacent to an activating group) is 2. The van der Waals surface area contributed by atoms with Crippen LogP contribution in [0.15, 0.2) is 24.3 Å². The summed E-state index contributed by atoms with van der Waals surface area (Å²) in [6.45, 7) is 6.82. The van der Waals surface area contributed by atoms with Crippen LogP contribution in [0, 0.1) is 6.92 Å². The number of rotatable bonds is 6. The molecule has 0 spiro atoms. The molecule has 0 aliphatic carbocycles. The minimum atomic E-state index is 0.119. The first-order valence-electron chi connectivity index (χ1n) is 7.23. The zero-order valence-electron chi connectivity index (χ0n) is 13.7. The molecule has 0 aromatic heterocycles. The van der Waals surface area contributed by atoms with Crippen molar-refractivity contribution in [1.29, 1.82) is 0 Å². The Morgan fingerprint density at radius 3 is 2.20 bits per heavy atom. The van der Waals surface area contributed by atoms with Crippen LogP contribution in [-0.4, -0.2) is 39.6 Å². The first-order valence-corrected chi connectivity index (χ1v) is 7.23. The number of aryl methyl sites for hydroxylation is 1. The van der Waals surface area contributed by atoms with Gasteiger partial charge in [0.1, 0.15) is 0 Å². The summed E-state index contributed by atoms with van der Waals surface area (Å²) in [5.41, 5.74) is 2.13.